The van der Waals surface area contributed by atoms with Crippen LogP contribution in [-0.2, 0) is 13.6 Å². The second kappa shape index (κ2) is 4.09. The molecule has 2 rings (SSSR count). The summed E-state index contributed by atoms with van der Waals surface area (Å²) in [6.07, 6.45) is 3.39. The molecule has 0 amide bonds. The minimum Gasteiger partial charge on any atom is -0.268 e. The van der Waals surface area contributed by atoms with Gasteiger partial charge >= 0.3 is 0 Å². The Morgan fingerprint density at radius 2 is 2.33 bits per heavy atom. The predicted molar refractivity (Wildman–Crippen MR) is 61.3 cm³/mol. The maximum absolute atomic E-state index is 11.5. The lowest BCUT2D eigenvalue weighted by molar-refractivity contribution is 0.623. The first-order chi connectivity index (χ1) is 7.15. The Labute approximate surface area is 99.1 Å². The highest BCUT2D eigenvalue weighted by molar-refractivity contribution is 14.1. The van der Waals surface area contributed by atoms with E-state index in [1.54, 1.807) is 24.1 Å². The van der Waals surface area contributed by atoms with Crippen molar-refractivity contribution in [2.45, 2.75) is 6.54 Å². The number of aryl methyl sites for hydroxylation is 1. The van der Waals surface area contributed by atoms with Crippen LogP contribution in [0.15, 0.2) is 23.3 Å². The van der Waals surface area contributed by atoms with Gasteiger partial charge in [0.1, 0.15) is 5.69 Å². The van der Waals surface area contributed by atoms with E-state index in [0.717, 1.165) is 3.57 Å². The largest absolute Gasteiger partial charge is 0.268 e. The number of halogens is 1. The minimum atomic E-state index is -0.132. The molecule has 2 aromatic rings. The molecule has 0 radical (unpaired) electrons. The zero-order valence-electron chi connectivity index (χ0n) is 7.96. The normalized spacial score (nSPS) is 10.5. The number of aromatic nitrogens is 5. The van der Waals surface area contributed by atoms with Crippen LogP contribution in [0, 0.1) is 3.57 Å². The van der Waals surface area contributed by atoms with Crippen molar-refractivity contribution in [3.05, 3.63) is 38.1 Å². The highest BCUT2D eigenvalue weighted by Gasteiger charge is 2.02. The van der Waals surface area contributed by atoms with Crippen LogP contribution >= 0.6 is 22.6 Å². The van der Waals surface area contributed by atoms with E-state index in [1.165, 1.54) is 10.7 Å². The first-order valence-corrected chi connectivity index (χ1v) is 5.31. The molecule has 0 aliphatic heterocycles. The molecule has 0 saturated carbocycles. The molecule has 2 heterocycles. The maximum atomic E-state index is 11.5. The molecule has 0 N–H and O–H groups in total. The summed E-state index contributed by atoms with van der Waals surface area (Å²) in [6, 6.07) is 1.53. The Hall–Kier alpha value is -1.25. The first kappa shape index (κ1) is 10.3. The Morgan fingerprint density at radius 1 is 1.53 bits per heavy atom. The van der Waals surface area contributed by atoms with E-state index in [2.05, 4.69) is 15.4 Å². The van der Waals surface area contributed by atoms with Crippen molar-refractivity contribution in [1.29, 1.82) is 0 Å². The van der Waals surface area contributed by atoms with Gasteiger partial charge in [0.05, 0.1) is 18.9 Å². The molecule has 2 aromatic heterocycles. The highest BCUT2D eigenvalue weighted by atomic mass is 127. The Morgan fingerprint density at radius 3 is 2.93 bits per heavy atom. The topological polar surface area (TPSA) is 65.6 Å². The van der Waals surface area contributed by atoms with E-state index in [9.17, 15) is 4.79 Å². The molecule has 7 heteroatoms. The van der Waals surface area contributed by atoms with Crippen LogP contribution in [0.25, 0.3) is 0 Å². The van der Waals surface area contributed by atoms with E-state index in [0.29, 0.717) is 12.2 Å². The molecule has 0 aliphatic rings. The van der Waals surface area contributed by atoms with Crippen molar-refractivity contribution >= 4 is 22.6 Å². The zero-order chi connectivity index (χ0) is 10.8. The van der Waals surface area contributed by atoms with Crippen molar-refractivity contribution in [2.24, 2.45) is 7.05 Å². The van der Waals surface area contributed by atoms with E-state index in [4.69, 9.17) is 0 Å². The monoisotopic (exact) mass is 317 g/mol. The molecule has 0 aromatic carbocycles. The lowest BCUT2D eigenvalue weighted by Gasteiger charge is -1.99. The van der Waals surface area contributed by atoms with Crippen LogP contribution in [0.5, 0.6) is 0 Å². The van der Waals surface area contributed by atoms with Crippen LogP contribution in [-0.4, -0.2) is 24.8 Å². The molecule has 15 heavy (non-hydrogen) atoms. The van der Waals surface area contributed by atoms with Crippen LogP contribution in [0.3, 0.4) is 0 Å². The van der Waals surface area contributed by atoms with Crippen molar-refractivity contribution in [3.63, 3.8) is 0 Å². The van der Waals surface area contributed by atoms with E-state index in [-0.39, 0.29) is 5.56 Å². The summed E-state index contributed by atoms with van der Waals surface area (Å²) in [4.78, 5) is 11.5. The molecule has 0 saturated heterocycles. The fourth-order valence-electron chi connectivity index (χ4n) is 1.15. The summed E-state index contributed by atoms with van der Waals surface area (Å²) < 4.78 is 3.77. The highest BCUT2D eigenvalue weighted by Crippen LogP contribution is 1.97. The van der Waals surface area contributed by atoms with Gasteiger partial charge in [-0.1, -0.05) is 5.21 Å². The van der Waals surface area contributed by atoms with Gasteiger partial charge in [-0.15, -0.1) is 5.10 Å². The molecule has 0 atom stereocenters. The Kier molecular flexibility index (Phi) is 2.80. The average molecular weight is 317 g/mol. The van der Waals surface area contributed by atoms with Crippen LogP contribution in [0.2, 0.25) is 0 Å². The smallest absolute Gasteiger partial charge is 0.268 e. The molecule has 0 bridgehead atoms. The van der Waals surface area contributed by atoms with Crippen LogP contribution in [0.4, 0.5) is 0 Å². The lowest BCUT2D eigenvalue weighted by Crippen LogP contribution is -2.22. The van der Waals surface area contributed by atoms with Gasteiger partial charge < -0.3 is 0 Å². The molecule has 0 spiro atoms. The van der Waals surface area contributed by atoms with Crippen molar-refractivity contribution in [1.82, 2.24) is 24.8 Å². The SMILES string of the molecule is Cn1cc(Cn2ncc(I)cc2=O)nn1. The zero-order valence-corrected chi connectivity index (χ0v) is 10.1. The third-order valence-corrected chi connectivity index (χ3v) is 2.39. The summed E-state index contributed by atoms with van der Waals surface area (Å²) in [7, 11) is 1.78. The molecular formula is C8H8IN5O. The second-order valence-electron chi connectivity index (χ2n) is 3.05. The van der Waals surface area contributed by atoms with Gasteiger partial charge in [0.2, 0.25) is 0 Å². The molecule has 6 nitrogen and oxygen atoms in total. The van der Waals surface area contributed by atoms with Crippen LogP contribution < -0.4 is 5.56 Å². The fourth-order valence-corrected chi connectivity index (χ4v) is 1.54. The lowest BCUT2D eigenvalue weighted by atomic mass is 10.4. The number of rotatable bonds is 2. The molecule has 0 aliphatic carbocycles. The van der Waals surface area contributed by atoms with Gasteiger partial charge in [-0.05, 0) is 22.6 Å². The van der Waals surface area contributed by atoms with Gasteiger partial charge in [0.15, 0.2) is 0 Å². The number of hydrogen-bond donors (Lipinski definition) is 0. The number of hydrogen-bond acceptors (Lipinski definition) is 4. The van der Waals surface area contributed by atoms with E-state index < -0.39 is 0 Å². The predicted octanol–water partition coefficient (Wildman–Crippen LogP) is 0.0247. The van der Waals surface area contributed by atoms with Crippen molar-refractivity contribution < 1.29 is 0 Å². The summed E-state index contributed by atoms with van der Waals surface area (Å²) in [5.41, 5.74) is 0.584. The van der Waals surface area contributed by atoms with Gasteiger partial charge in [-0.3, -0.25) is 9.48 Å². The van der Waals surface area contributed by atoms with Gasteiger partial charge in [-0.25, -0.2) is 4.68 Å². The van der Waals surface area contributed by atoms with E-state index in [1.807, 2.05) is 22.6 Å². The third kappa shape index (κ3) is 2.41. The molecular weight excluding hydrogens is 309 g/mol. The third-order valence-electron chi connectivity index (χ3n) is 1.80. The summed E-state index contributed by atoms with van der Waals surface area (Å²) >= 11 is 2.05. The fraction of sp³-hybridized carbons (Fsp3) is 0.250. The van der Waals surface area contributed by atoms with Gasteiger partial charge in [0.25, 0.3) is 5.56 Å². The Bertz CT molecular complexity index is 532. The van der Waals surface area contributed by atoms with Gasteiger partial charge in [-0.2, -0.15) is 5.10 Å². The number of nitrogens with zero attached hydrogens (tertiary/aromatic N) is 5. The van der Waals surface area contributed by atoms with E-state index >= 15 is 0 Å². The Balaban J connectivity index is 2.28. The molecule has 78 valence electrons. The van der Waals surface area contributed by atoms with Gasteiger partial charge in [0, 0.05) is 16.7 Å². The van der Waals surface area contributed by atoms with Crippen molar-refractivity contribution in [3.8, 4) is 0 Å². The summed E-state index contributed by atoms with van der Waals surface area (Å²) in [6.45, 7) is 0.351. The van der Waals surface area contributed by atoms with Crippen LogP contribution in [0.1, 0.15) is 5.69 Å². The quantitative estimate of drug-likeness (QED) is 0.733. The molecule has 0 unspecified atom stereocenters. The average Bonchev–Trinajstić information content (AvgIpc) is 2.56. The summed E-state index contributed by atoms with van der Waals surface area (Å²) in [5.74, 6) is 0. The second-order valence-corrected chi connectivity index (χ2v) is 4.30. The summed E-state index contributed by atoms with van der Waals surface area (Å²) in [5, 5.41) is 11.7. The van der Waals surface area contributed by atoms with Crippen molar-refractivity contribution in [2.75, 3.05) is 0 Å². The minimum absolute atomic E-state index is 0.132. The first-order valence-electron chi connectivity index (χ1n) is 4.23. The molecule has 0 fully saturated rings. The standard InChI is InChI=1S/C8H8IN5O/c1-13-4-7(11-12-13)5-14-8(15)2-6(9)3-10-14/h2-4H,5H2,1H3. The maximum Gasteiger partial charge on any atom is 0.268 e.